The predicted octanol–water partition coefficient (Wildman–Crippen LogP) is 1.24. The van der Waals surface area contributed by atoms with Crippen LogP contribution >= 0.6 is 0 Å². The molecule has 0 spiro atoms. The molecular weight excluding hydrogens is 252 g/mol. The van der Waals surface area contributed by atoms with Gasteiger partial charge in [-0.15, -0.1) is 0 Å². The average Bonchev–Trinajstić information content (AvgIpc) is 3.15. The van der Waals surface area contributed by atoms with Crippen LogP contribution < -0.4 is 10.6 Å². The normalized spacial score (nSPS) is 14.2. The first-order chi connectivity index (χ1) is 9.81. The van der Waals surface area contributed by atoms with Crippen molar-refractivity contribution in [3.8, 4) is 5.69 Å². The van der Waals surface area contributed by atoms with Crippen molar-refractivity contribution < 1.29 is 4.79 Å². The fraction of sp³-hybridized carbons (Fsp3) is 0.333. The van der Waals surface area contributed by atoms with Gasteiger partial charge in [-0.1, -0.05) is 18.2 Å². The van der Waals surface area contributed by atoms with Crippen LogP contribution in [0.4, 0.5) is 0 Å². The Bertz CT molecular complexity index is 575. The topological polar surface area (TPSA) is 59.0 Å². The van der Waals surface area contributed by atoms with E-state index >= 15 is 0 Å². The predicted molar refractivity (Wildman–Crippen MR) is 76.4 cm³/mol. The summed E-state index contributed by atoms with van der Waals surface area (Å²) in [6, 6.07) is 12.3. The van der Waals surface area contributed by atoms with Crippen molar-refractivity contribution in [2.24, 2.45) is 0 Å². The zero-order valence-corrected chi connectivity index (χ0v) is 11.2. The molecule has 1 aromatic carbocycles. The van der Waals surface area contributed by atoms with E-state index in [0.717, 1.165) is 24.2 Å². The molecule has 1 fully saturated rings. The molecule has 0 bridgehead atoms. The van der Waals surface area contributed by atoms with E-state index in [1.54, 1.807) is 0 Å². The molecular formula is C15H18N4O. The van der Waals surface area contributed by atoms with Crippen LogP contribution in [0.15, 0.2) is 42.6 Å². The van der Waals surface area contributed by atoms with Gasteiger partial charge in [0, 0.05) is 18.8 Å². The number of carbonyl (C=O) groups is 1. The summed E-state index contributed by atoms with van der Waals surface area (Å²) >= 11 is 0. The van der Waals surface area contributed by atoms with Crippen molar-refractivity contribution in [2.45, 2.75) is 25.4 Å². The maximum Gasteiger partial charge on any atom is 0.234 e. The van der Waals surface area contributed by atoms with Crippen molar-refractivity contribution in [3.63, 3.8) is 0 Å². The zero-order valence-electron chi connectivity index (χ0n) is 11.2. The summed E-state index contributed by atoms with van der Waals surface area (Å²) in [5.74, 6) is 0.0648. The number of hydrogen-bond acceptors (Lipinski definition) is 3. The van der Waals surface area contributed by atoms with E-state index in [2.05, 4.69) is 15.7 Å². The van der Waals surface area contributed by atoms with Gasteiger partial charge < -0.3 is 10.6 Å². The molecule has 1 amide bonds. The van der Waals surface area contributed by atoms with Gasteiger partial charge >= 0.3 is 0 Å². The second-order valence-electron chi connectivity index (χ2n) is 5.03. The quantitative estimate of drug-likeness (QED) is 0.830. The third-order valence-electron chi connectivity index (χ3n) is 3.20. The molecule has 0 saturated heterocycles. The van der Waals surface area contributed by atoms with Gasteiger partial charge in [0.1, 0.15) is 0 Å². The molecule has 0 unspecified atom stereocenters. The molecule has 1 heterocycles. The van der Waals surface area contributed by atoms with E-state index < -0.39 is 0 Å². The molecule has 1 aliphatic rings. The van der Waals surface area contributed by atoms with E-state index in [4.69, 9.17) is 0 Å². The number of nitrogens with zero attached hydrogens (tertiary/aromatic N) is 2. The van der Waals surface area contributed by atoms with Crippen LogP contribution in [0.1, 0.15) is 18.5 Å². The zero-order chi connectivity index (χ0) is 13.8. The summed E-state index contributed by atoms with van der Waals surface area (Å²) in [4.78, 5) is 11.5. The third-order valence-corrected chi connectivity index (χ3v) is 3.20. The summed E-state index contributed by atoms with van der Waals surface area (Å²) in [6.45, 7) is 0.937. The Labute approximate surface area is 118 Å². The maximum atomic E-state index is 11.5. The maximum absolute atomic E-state index is 11.5. The summed E-state index contributed by atoms with van der Waals surface area (Å²) in [6.07, 6.45) is 4.16. The summed E-state index contributed by atoms with van der Waals surface area (Å²) in [7, 11) is 0. The molecule has 2 aromatic rings. The first kappa shape index (κ1) is 12.9. The fourth-order valence-electron chi connectivity index (χ4n) is 1.99. The molecule has 104 valence electrons. The minimum Gasteiger partial charge on any atom is -0.352 e. The number of benzene rings is 1. The van der Waals surface area contributed by atoms with Crippen LogP contribution in [-0.4, -0.2) is 28.3 Å². The van der Waals surface area contributed by atoms with E-state index in [-0.39, 0.29) is 5.91 Å². The van der Waals surface area contributed by atoms with Gasteiger partial charge in [0.15, 0.2) is 0 Å². The molecule has 3 rings (SSSR count). The van der Waals surface area contributed by atoms with E-state index in [0.29, 0.717) is 19.1 Å². The number of amides is 1. The van der Waals surface area contributed by atoms with Crippen LogP contribution in [0.3, 0.4) is 0 Å². The van der Waals surface area contributed by atoms with Crippen LogP contribution in [0.5, 0.6) is 0 Å². The van der Waals surface area contributed by atoms with Crippen molar-refractivity contribution in [1.29, 1.82) is 0 Å². The summed E-state index contributed by atoms with van der Waals surface area (Å²) in [5, 5.41) is 10.5. The summed E-state index contributed by atoms with van der Waals surface area (Å²) < 4.78 is 1.83. The van der Waals surface area contributed by atoms with Crippen LogP contribution in [-0.2, 0) is 11.3 Å². The van der Waals surface area contributed by atoms with Crippen molar-refractivity contribution >= 4 is 5.91 Å². The highest BCUT2D eigenvalue weighted by molar-refractivity contribution is 5.78. The number of carbonyl (C=O) groups excluding carboxylic acids is 1. The molecule has 0 radical (unpaired) electrons. The lowest BCUT2D eigenvalue weighted by Crippen LogP contribution is -2.34. The fourth-order valence-corrected chi connectivity index (χ4v) is 1.99. The molecule has 5 nitrogen and oxygen atoms in total. The van der Waals surface area contributed by atoms with Gasteiger partial charge in [0.05, 0.1) is 17.9 Å². The Morgan fingerprint density at radius 1 is 1.25 bits per heavy atom. The van der Waals surface area contributed by atoms with Crippen LogP contribution in [0.2, 0.25) is 0 Å². The molecule has 5 heteroatoms. The molecule has 1 aliphatic carbocycles. The molecule has 0 atom stereocenters. The molecule has 0 aliphatic heterocycles. The van der Waals surface area contributed by atoms with Gasteiger partial charge in [-0.05, 0) is 31.0 Å². The first-order valence-corrected chi connectivity index (χ1v) is 6.91. The lowest BCUT2D eigenvalue weighted by Gasteiger charge is -2.04. The Hall–Kier alpha value is -2.14. The van der Waals surface area contributed by atoms with Crippen molar-refractivity contribution in [3.05, 3.63) is 48.3 Å². The number of para-hydroxylation sites is 1. The van der Waals surface area contributed by atoms with E-state index in [1.165, 1.54) is 0 Å². The lowest BCUT2D eigenvalue weighted by atomic mass is 10.3. The highest BCUT2D eigenvalue weighted by Crippen LogP contribution is 2.18. The Morgan fingerprint density at radius 2 is 2.05 bits per heavy atom. The highest BCUT2D eigenvalue weighted by atomic mass is 16.2. The Kier molecular flexibility index (Phi) is 3.78. The van der Waals surface area contributed by atoms with Gasteiger partial charge in [-0.25, -0.2) is 4.68 Å². The SMILES string of the molecule is O=C(CNCc1ccn(-c2ccccc2)n1)NC1CC1. The standard InChI is InChI=1S/C15H18N4O/c20-15(17-12-6-7-12)11-16-10-13-8-9-19(18-13)14-4-2-1-3-5-14/h1-5,8-9,12,16H,6-7,10-11H2,(H,17,20). The molecule has 20 heavy (non-hydrogen) atoms. The van der Waals surface area contributed by atoms with Crippen LogP contribution in [0.25, 0.3) is 5.69 Å². The van der Waals surface area contributed by atoms with Gasteiger partial charge in [-0.2, -0.15) is 5.10 Å². The monoisotopic (exact) mass is 270 g/mol. The third kappa shape index (κ3) is 3.45. The van der Waals surface area contributed by atoms with Gasteiger partial charge in [0.2, 0.25) is 5.91 Å². The van der Waals surface area contributed by atoms with Gasteiger partial charge in [-0.3, -0.25) is 4.79 Å². The second kappa shape index (κ2) is 5.88. The average molecular weight is 270 g/mol. The van der Waals surface area contributed by atoms with E-state index in [9.17, 15) is 4.79 Å². The second-order valence-corrected chi connectivity index (χ2v) is 5.03. The number of hydrogen-bond donors (Lipinski definition) is 2. The number of rotatable bonds is 6. The lowest BCUT2D eigenvalue weighted by molar-refractivity contribution is -0.120. The first-order valence-electron chi connectivity index (χ1n) is 6.91. The Balaban J connectivity index is 1.48. The van der Waals surface area contributed by atoms with Crippen molar-refractivity contribution in [1.82, 2.24) is 20.4 Å². The number of nitrogens with one attached hydrogen (secondary N) is 2. The molecule has 1 aromatic heterocycles. The van der Waals surface area contributed by atoms with Crippen LogP contribution in [0, 0.1) is 0 Å². The Morgan fingerprint density at radius 3 is 2.80 bits per heavy atom. The summed E-state index contributed by atoms with van der Waals surface area (Å²) in [5.41, 5.74) is 1.96. The highest BCUT2D eigenvalue weighted by Gasteiger charge is 2.22. The van der Waals surface area contributed by atoms with E-state index in [1.807, 2.05) is 47.3 Å². The largest absolute Gasteiger partial charge is 0.352 e. The molecule has 2 N–H and O–H groups in total. The smallest absolute Gasteiger partial charge is 0.234 e. The number of aromatic nitrogens is 2. The minimum atomic E-state index is 0.0648. The van der Waals surface area contributed by atoms with Crippen molar-refractivity contribution in [2.75, 3.05) is 6.54 Å². The molecule has 1 saturated carbocycles. The minimum absolute atomic E-state index is 0.0648. The van der Waals surface area contributed by atoms with Gasteiger partial charge in [0.25, 0.3) is 0 Å².